The molecule has 0 spiro atoms. The van der Waals surface area contributed by atoms with E-state index in [0.29, 0.717) is 6.04 Å². The van der Waals surface area contributed by atoms with Gasteiger partial charge in [0.2, 0.25) is 0 Å². The summed E-state index contributed by atoms with van der Waals surface area (Å²) in [4.78, 5) is 2.86. The highest BCUT2D eigenvalue weighted by atomic mass is 32.1. The van der Waals surface area contributed by atoms with Gasteiger partial charge in [-0.25, -0.2) is 0 Å². The SMILES string of the molecule is CCNC(c1ccc(C(C)(C)C)s1)c1cc(C)ccc1C. The van der Waals surface area contributed by atoms with Crippen LogP contribution >= 0.6 is 11.3 Å². The Morgan fingerprint density at radius 3 is 2.38 bits per heavy atom. The maximum Gasteiger partial charge on any atom is 0.0673 e. The molecule has 0 aliphatic carbocycles. The molecule has 0 radical (unpaired) electrons. The van der Waals surface area contributed by atoms with Gasteiger partial charge in [0.15, 0.2) is 0 Å². The molecule has 0 aliphatic rings. The smallest absolute Gasteiger partial charge is 0.0673 e. The van der Waals surface area contributed by atoms with Crippen molar-refractivity contribution >= 4 is 11.3 Å². The Hall–Kier alpha value is -1.12. The van der Waals surface area contributed by atoms with Crippen LogP contribution < -0.4 is 5.32 Å². The van der Waals surface area contributed by atoms with Crippen molar-refractivity contribution in [2.45, 2.75) is 53.0 Å². The normalized spacial score (nSPS) is 13.4. The molecule has 1 aromatic heterocycles. The molecule has 1 heterocycles. The highest BCUT2D eigenvalue weighted by Crippen LogP contribution is 2.35. The average molecular weight is 301 g/mol. The number of hydrogen-bond donors (Lipinski definition) is 1. The fraction of sp³-hybridized carbons (Fsp3) is 0.474. The van der Waals surface area contributed by atoms with Gasteiger partial charge in [-0.2, -0.15) is 0 Å². The highest BCUT2D eigenvalue weighted by molar-refractivity contribution is 7.12. The first kappa shape index (κ1) is 16.3. The van der Waals surface area contributed by atoms with Crippen LogP contribution in [0.2, 0.25) is 0 Å². The standard InChI is InChI=1S/C19H27NS/c1-7-20-18(15-12-13(2)8-9-14(15)3)16-10-11-17(21-16)19(4,5)6/h8-12,18,20H,7H2,1-6H3. The molecule has 114 valence electrons. The lowest BCUT2D eigenvalue weighted by molar-refractivity contribution is 0.604. The largest absolute Gasteiger partial charge is 0.306 e. The van der Waals surface area contributed by atoms with Crippen LogP contribution in [0.1, 0.15) is 60.2 Å². The summed E-state index contributed by atoms with van der Waals surface area (Å²) >= 11 is 1.93. The van der Waals surface area contributed by atoms with E-state index >= 15 is 0 Å². The fourth-order valence-corrected chi connectivity index (χ4v) is 3.71. The lowest BCUT2D eigenvalue weighted by atomic mass is 9.94. The third-order valence-corrected chi connectivity index (χ3v) is 5.38. The summed E-state index contributed by atoms with van der Waals surface area (Å²) in [6.07, 6.45) is 0. The summed E-state index contributed by atoms with van der Waals surface area (Å²) in [6.45, 7) is 14.4. The molecular weight excluding hydrogens is 274 g/mol. The van der Waals surface area contributed by atoms with Gasteiger partial charge >= 0.3 is 0 Å². The van der Waals surface area contributed by atoms with Gasteiger partial charge in [0.25, 0.3) is 0 Å². The van der Waals surface area contributed by atoms with Crippen molar-refractivity contribution < 1.29 is 0 Å². The number of hydrogen-bond acceptors (Lipinski definition) is 2. The molecule has 0 bridgehead atoms. The van der Waals surface area contributed by atoms with Gasteiger partial charge in [0, 0.05) is 9.75 Å². The van der Waals surface area contributed by atoms with E-state index in [4.69, 9.17) is 0 Å². The van der Waals surface area contributed by atoms with E-state index < -0.39 is 0 Å². The van der Waals surface area contributed by atoms with Crippen LogP contribution in [-0.2, 0) is 5.41 Å². The van der Waals surface area contributed by atoms with Crippen molar-refractivity contribution in [3.63, 3.8) is 0 Å². The maximum atomic E-state index is 3.66. The average Bonchev–Trinajstić information content (AvgIpc) is 2.88. The van der Waals surface area contributed by atoms with Crippen LogP contribution in [0.15, 0.2) is 30.3 Å². The van der Waals surface area contributed by atoms with E-state index in [1.165, 1.54) is 26.4 Å². The Kier molecular flexibility index (Phi) is 4.90. The Bertz CT molecular complexity index is 604. The number of benzene rings is 1. The zero-order valence-electron chi connectivity index (χ0n) is 14.1. The second-order valence-corrected chi connectivity index (χ2v) is 7.92. The number of rotatable bonds is 4. The molecule has 1 aromatic carbocycles. The molecule has 1 N–H and O–H groups in total. The van der Waals surface area contributed by atoms with Gasteiger partial charge in [-0.05, 0) is 49.1 Å². The first-order chi connectivity index (χ1) is 9.82. The minimum atomic E-state index is 0.224. The summed E-state index contributed by atoms with van der Waals surface area (Å²) in [6, 6.07) is 11.6. The van der Waals surface area contributed by atoms with Crippen LogP contribution in [0.25, 0.3) is 0 Å². The Labute approximate surface area is 133 Å². The second kappa shape index (κ2) is 6.33. The Morgan fingerprint density at radius 2 is 1.81 bits per heavy atom. The van der Waals surface area contributed by atoms with Crippen molar-refractivity contribution in [3.05, 3.63) is 56.8 Å². The number of nitrogens with one attached hydrogen (secondary N) is 1. The van der Waals surface area contributed by atoms with Gasteiger partial charge in [-0.1, -0.05) is 51.5 Å². The topological polar surface area (TPSA) is 12.0 Å². The lowest BCUT2D eigenvalue weighted by Crippen LogP contribution is -2.22. The van der Waals surface area contributed by atoms with Crippen molar-refractivity contribution in [1.82, 2.24) is 5.32 Å². The molecule has 1 atom stereocenters. The molecule has 0 aliphatic heterocycles. The summed E-state index contributed by atoms with van der Waals surface area (Å²) in [5.41, 5.74) is 4.31. The van der Waals surface area contributed by atoms with Crippen molar-refractivity contribution in [2.75, 3.05) is 6.54 Å². The first-order valence-electron chi connectivity index (χ1n) is 7.73. The first-order valence-corrected chi connectivity index (χ1v) is 8.55. The van der Waals surface area contributed by atoms with E-state index in [-0.39, 0.29) is 5.41 Å². The van der Waals surface area contributed by atoms with E-state index in [2.05, 4.69) is 77.2 Å². The molecule has 1 nitrogen and oxygen atoms in total. The zero-order valence-corrected chi connectivity index (χ0v) is 14.9. The van der Waals surface area contributed by atoms with Crippen LogP contribution in [0, 0.1) is 13.8 Å². The molecule has 2 rings (SSSR count). The van der Waals surface area contributed by atoms with Crippen molar-refractivity contribution in [1.29, 1.82) is 0 Å². The minimum Gasteiger partial charge on any atom is -0.306 e. The van der Waals surface area contributed by atoms with Crippen LogP contribution in [0.5, 0.6) is 0 Å². The quantitative estimate of drug-likeness (QED) is 0.801. The summed E-state index contributed by atoms with van der Waals surface area (Å²) < 4.78 is 0. The number of thiophene rings is 1. The molecule has 0 fully saturated rings. The van der Waals surface area contributed by atoms with Gasteiger partial charge < -0.3 is 5.32 Å². The van der Waals surface area contributed by atoms with Crippen molar-refractivity contribution in [3.8, 4) is 0 Å². The van der Waals surface area contributed by atoms with E-state index in [1.54, 1.807) is 0 Å². The molecule has 1 unspecified atom stereocenters. The molecular formula is C19H27NS. The minimum absolute atomic E-state index is 0.224. The fourth-order valence-electron chi connectivity index (χ4n) is 2.55. The van der Waals surface area contributed by atoms with E-state index in [0.717, 1.165) is 6.54 Å². The molecule has 2 aromatic rings. The predicted molar refractivity (Wildman–Crippen MR) is 94.5 cm³/mol. The molecule has 21 heavy (non-hydrogen) atoms. The number of aryl methyl sites for hydroxylation is 2. The van der Waals surface area contributed by atoms with Gasteiger partial charge in [-0.15, -0.1) is 11.3 Å². The highest BCUT2D eigenvalue weighted by Gasteiger charge is 2.21. The third kappa shape index (κ3) is 3.75. The van der Waals surface area contributed by atoms with Crippen LogP contribution in [0.3, 0.4) is 0 Å². The monoisotopic (exact) mass is 301 g/mol. The molecule has 0 saturated heterocycles. The van der Waals surface area contributed by atoms with Gasteiger partial charge in [0.05, 0.1) is 6.04 Å². The summed E-state index contributed by atoms with van der Waals surface area (Å²) in [7, 11) is 0. The van der Waals surface area contributed by atoms with Gasteiger partial charge in [0.1, 0.15) is 0 Å². The summed E-state index contributed by atoms with van der Waals surface area (Å²) in [5, 5.41) is 3.66. The third-order valence-electron chi connectivity index (χ3n) is 3.80. The van der Waals surface area contributed by atoms with E-state index in [9.17, 15) is 0 Å². The predicted octanol–water partition coefficient (Wildman–Crippen LogP) is 5.36. The van der Waals surface area contributed by atoms with Crippen LogP contribution in [0.4, 0.5) is 0 Å². The molecule has 0 amide bonds. The second-order valence-electron chi connectivity index (χ2n) is 6.80. The Morgan fingerprint density at radius 1 is 1.10 bits per heavy atom. The summed E-state index contributed by atoms with van der Waals surface area (Å²) in [5.74, 6) is 0. The van der Waals surface area contributed by atoms with Gasteiger partial charge in [-0.3, -0.25) is 0 Å². The van der Waals surface area contributed by atoms with E-state index in [1.807, 2.05) is 11.3 Å². The lowest BCUT2D eigenvalue weighted by Gasteiger charge is -2.20. The van der Waals surface area contributed by atoms with Crippen LogP contribution in [-0.4, -0.2) is 6.54 Å². The Balaban J connectivity index is 2.44. The molecule has 0 saturated carbocycles. The molecule has 2 heteroatoms. The van der Waals surface area contributed by atoms with Crippen molar-refractivity contribution in [2.24, 2.45) is 0 Å². The zero-order chi connectivity index (χ0) is 15.6. The maximum absolute atomic E-state index is 3.66.